The first-order chi connectivity index (χ1) is 12.9. The average Bonchev–Trinajstić information content (AvgIpc) is 2.68. The van der Waals surface area contributed by atoms with Crippen LogP contribution in [0.1, 0.15) is 0 Å². The molecular formula is C17H23N5O4S. The number of sulfonamides is 1. The summed E-state index contributed by atoms with van der Waals surface area (Å²) in [5, 5.41) is 8.17. The maximum Gasteiger partial charge on any atom is 0.266 e. The summed E-state index contributed by atoms with van der Waals surface area (Å²) in [4.78, 5) is 4.33. The van der Waals surface area contributed by atoms with Crippen molar-refractivity contribution in [2.75, 3.05) is 57.1 Å². The average molecular weight is 393 g/mol. The second-order valence-corrected chi connectivity index (χ2v) is 7.84. The molecule has 0 aliphatic carbocycles. The van der Waals surface area contributed by atoms with Gasteiger partial charge in [-0.15, -0.1) is 10.2 Å². The summed E-state index contributed by atoms with van der Waals surface area (Å²) in [5.74, 6) is 1.49. The maximum atomic E-state index is 12.7. The van der Waals surface area contributed by atoms with Gasteiger partial charge >= 0.3 is 0 Å². The number of likely N-dealkylation sites (N-methyl/N-ethyl adjacent to an activating group) is 1. The molecule has 146 valence electrons. The van der Waals surface area contributed by atoms with Crippen molar-refractivity contribution in [3.8, 4) is 11.5 Å². The lowest BCUT2D eigenvalue weighted by atomic mass is 10.3. The summed E-state index contributed by atoms with van der Waals surface area (Å²) in [6.45, 7) is 3.62. The van der Waals surface area contributed by atoms with E-state index in [1.54, 1.807) is 18.2 Å². The molecule has 0 saturated carbocycles. The number of rotatable bonds is 6. The third-order valence-corrected chi connectivity index (χ3v) is 5.75. The molecule has 0 spiro atoms. The van der Waals surface area contributed by atoms with E-state index < -0.39 is 10.0 Å². The molecule has 0 unspecified atom stereocenters. The zero-order valence-electron chi connectivity index (χ0n) is 15.5. The number of piperazine rings is 1. The summed E-state index contributed by atoms with van der Waals surface area (Å²) in [7, 11) is 1.04. The first-order valence-electron chi connectivity index (χ1n) is 8.45. The van der Waals surface area contributed by atoms with Gasteiger partial charge in [0.05, 0.1) is 14.2 Å². The Hall–Kier alpha value is -2.59. The molecule has 1 fully saturated rings. The van der Waals surface area contributed by atoms with Crippen molar-refractivity contribution in [2.24, 2.45) is 0 Å². The van der Waals surface area contributed by atoms with Crippen molar-refractivity contribution in [3.05, 3.63) is 30.3 Å². The predicted octanol–water partition coefficient (Wildman–Crippen LogP) is 1.05. The Balaban J connectivity index is 1.78. The Morgan fingerprint density at radius 2 is 1.74 bits per heavy atom. The second kappa shape index (κ2) is 7.97. The molecule has 0 atom stereocenters. The van der Waals surface area contributed by atoms with Crippen LogP contribution in [0.15, 0.2) is 35.2 Å². The van der Waals surface area contributed by atoms with Crippen molar-refractivity contribution in [2.45, 2.75) is 4.90 Å². The lowest BCUT2D eigenvalue weighted by Crippen LogP contribution is -2.44. The van der Waals surface area contributed by atoms with E-state index in [9.17, 15) is 8.42 Å². The lowest BCUT2D eigenvalue weighted by molar-refractivity contribution is 0.312. The Morgan fingerprint density at radius 3 is 2.33 bits per heavy atom. The fourth-order valence-electron chi connectivity index (χ4n) is 2.77. The molecule has 10 heteroatoms. The molecule has 0 bridgehead atoms. The molecule has 1 aliphatic heterocycles. The van der Waals surface area contributed by atoms with Crippen LogP contribution < -0.4 is 19.1 Å². The molecule has 2 heterocycles. The minimum absolute atomic E-state index is 0.0331. The van der Waals surface area contributed by atoms with Crippen LogP contribution in [0.2, 0.25) is 0 Å². The molecule has 1 saturated heterocycles. The molecule has 9 nitrogen and oxygen atoms in total. The van der Waals surface area contributed by atoms with E-state index in [0.29, 0.717) is 5.75 Å². The Labute approximate surface area is 159 Å². The van der Waals surface area contributed by atoms with E-state index in [1.165, 1.54) is 26.4 Å². The fraction of sp³-hybridized carbons (Fsp3) is 0.412. The van der Waals surface area contributed by atoms with Crippen molar-refractivity contribution >= 4 is 21.7 Å². The summed E-state index contributed by atoms with van der Waals surface area (Å²) in [5.41, 5.74) is 0. The number of hydrogen-bond acceptors (Lipinski definition) is 8. The molecule has 0 radical (unpaired) electrons. The van der Waals surface area contributed by atoms with Crippen LogP contribution in [-0.4, -0.2) is 71.0 Å². The molecule has 1 N–H and O–H groups in total. The van der Waals surface area contributed by atoms with Crippen molar-refractivity contribution < 1.29 is 17.9 Å². The zero-order chi connectivity index (χ0) is 19.4. The van der Waals surface area contributed by atoms with Gasteiger partial charge in [-0.05, 0) is 31.3 Å². The standard InChI is InChI=1S/C17H23N5O4S/c1-21-8-10-22(11-9-21)17-7-6-16(18-19-17)20-27(23,24)15-12-13(25-2)4-5-14(15)26-3/h4-7,12H,8-11H2,1-3H3,(H,18,20). The summed E-state index contributed by atoms with van der Waals surface area (Å²) >= 11 is 0. The number of benzene rings is 1. The third-order valence-electron chi connectivity index (χ3n) is 4.38. The van der Waals surface area contributed by atoms with E-state index >= 15 is 0 Å². The van der Waals surface area contributed by atoms with Crippen LogP contribution >= 0.6 is 0 Å². The van der Waals surface area contributed by atoms with Crippen LogP contribution in [0.25, 0.3) is 0 Å². The molecule has 1 aromatic carbocycles. The molecule has 27 heavy (non-hydrogen) atoms. The fourth-order valence-corrected chi connectivity index (χ4v) is 3.95. The zero-order valence-corrected chi connectivity index (χ0v) is 16.4. The highest BCUT2D eigenvalue weighted by atomic mass is 32.2. The molecule has 3 rings (SSSR count). The van der Waals surface area contributed by atoms with Crippen LogP contribution in [0, 0.1) is 0 Å². The second-order valence-electron chi connectivity index (χ2n) is 6.19. The van der Waals surface area contributed by atoms with Gasteiger partial charge in [-0.3, -0.25) is 4.72 Å². The van der Waals surface area contributed by atoms with Crippen molar-refractivity contribution in [1.82, 2.24) is 15.1 Å². The number of methoxy groups -OCH3 is 2. The van der Waals surface area contributed by atoms with Crippen molar-refractivity contribution in [1.29, 1.82) is 0 Å². The molecule has 0 amide bonds. The summed E-state index contributed by atoms with van der Waals surface area (Å²) in [6, 6.07) is 7.93. The van der Waals surface area contributed by atoms with Gasteiger partial charge in [0.15, 0.2) is 11.6 Å². The molecular weight excluding hydrogens is 370 g/mol. The highest BCUT2D eigenvalue weighted by molar-refractivity contribution is 7.92. The van der Waals surface area contributed by atoms with Crippen molar-refractivity contribution in [3.63, 3.8) is 0 Å². The predicted molar refractivity (Wildman–Crippen MR) is 102 cm³/mol. The van der Waals surface area contributed by atoms with Crippen LogP contribution in [0.3, 0.4) is 0 Å². The van der Waals surface area contributed by atoms with Gasteiger partial charge < -0.3 is 19.3 Å². The normalized spacial score (nSPS) is 15.4. The Bertz CT molecular complexity index is 881. The Morgan fingerprint density at radius 1 is 1.00 bits per heavy atom. The number of nitrogens with zero attached hydrogens (tertiary/aromatic N) is 4. The smallest absolute Gasteiger partial charge is 0.266 e. The van der Waals surface area contributed by atoms with Gasteiger partial charge in [0.25, 0.3) is 10.0 Å². The third kappa shape index (κ3) is 4.40. The van der Waals surface area contributed by atoms with Gasteiger partial charge in [0.1, 0.15) is 16.4 Å². The highest BCUT2D eigenvalue weighted by Crippen LogP contribution is 2.29. The van der Waals surface area contributed by atoms with E-state index in [1.807, 2.05) is 0 Å². The minimum Gasteiger partial charge on any atom is -0.497 e. The highest BCUT2D eigenvalue weighted by Gasteiger charge is 2.22. The van der Waals surface area contributed by atoms with Gasteiger partial charge in [-0.2, -0.15) is 0 Å². The monoisotopic (exact) mass is 393 g/mol. The topological polar surface area (TPSA) is 96.9 Å². The SMILES string of the molecule is COc1ccc(OC)c(S(=O)(=O)Nc2ccc(N3CCN(C)CC3)nn2)c1. The maximum absolute atomic E-state index is 12.7. The Kier molecular flexibility index (Phi) is 5.66. The molecule has 2 aromatic rings. The van der Waals surface area contributed by atoms with Gasteiger partial charge in [-0.25, -0.2) is 8.42 Å². The van der Waals surface area contributed by atoms with E-state index in [4.69, 9.17) is 9.47 Å². The van der Waals surface area contributed by atoms with E-state index in [2.05, 4.69) is 31.8 Å². The number of hydrogen-bond donors (Lipinski definition) is 1. The summed E-state index contributed by atoms with van der Waals surface area (Å²) in [6.07, 6.45) is 0. The number of aromatic nitrogens is 2. The quantitative estimate of drug-likeness (QED) is 0.778. The minimum atomic E-state index is -3.91. The van der Waals surface area contributed by atoms with Crippen LogP contribution in [0.4, 0.5) is 11.6 Å². The largest absolute Gasteiger partial charge is 0.497 e. The molecule has 1 aliphatic rings. The molecule has 1 aromatic heterocycles. The van der Waals surface area contributed by atoms with E-state index in [0.717, 1.165) is 32.0 Å². The van der Waals surface area contributed by atoms with Crippen LogP contribution in [-0.2, 0) is 10.0 Å². The summed E-state index contributed by atoms with van der Waals surface area (Å²) < 4.78 is 38.2. The van der Waals surface area contributed by atoms with E-state index in [-0.39, 0.29) is 16.5 Å². The first-order valence-corrected chi connectivity index (χ1v) is 9.93. The lowest BCUT2D eigenvalue weighted by Gasteiger charge is -2.32. The van der Waals surface area contributed by atoms with Gasteiger partial charge in [-0.1, -0.05) is 0 Å². The number of ether oxygens (including phenoxy) is 2. The van der Waals surface area contributed by atoms with Crippen LogP contribution in [0.5, 0.6) is 11.5 Å². The number of anilines is 2. The van der Waals surface area contributed by atoms with Gasteiger partial charge in [0, 0.05) is 32.2 Å². The van der Waals surface area contributed by atoms with Gasteiger partial charge in [0.2, 0.25) is 0 Å². The number of nitrogens with one attached hydrogen (secondary N) is 1. The first kappa shape index (κ1) is 19.2.